The molecule has 0 saturated carbocycles. The quantitative estimate of drug-likeness (QED) is 0.194. The van der Waals surface area contributed by atoms with Gasteiger partial charge in [0, 0.05) is 47.3 Å². The number of thiophene rings is 1. The van der Waals surface area contributed by atoms with E-state index in [9.17, 15) is 0 Å². The third-order valence-corrected chi connectivity index (χ3v) is 13.4. The number of furan rings is 1. The lowest BCUT2D eigenvalue weighted by Gasteiger charge is -2.26. The van der Waals surface area contributed by atoms with E-state index in [0.717, 1.165) is 55.5 Å². The van der Waals surface area contributed by atoms with Crippen LogP contribution in [-0.4, -0.2) is 10.3 Å². The molecule has 5 heteroatoms. The maximum absolute atomic E-state index is 6.68. The zero-order valence-corrected chi connectivity index (χ0v) is 32.5. The lowest BCUT2D eigenvalue weighted by Crippen LogP contribution is -2.24. The minimum Gasteiger partial charge on any atom is -0.438 e. The molecule has 1 atom stereocenters. The van der Waals surface area contributed by atoms with Crippen molar-refractivity contribution in [2.75, 3.05) is 5.32 Å². The van der Waals surface area contributed by atoms with Gasteiger partial charge in [-0.3, -0.25) is 0 Å². The van der Waals surface area contributed by atoms with Gasteiger partial charge >= 0.3 is 0 Å². The summed E-state index contributed by atoms with van der Waals surface area (Å²) in [6.07, 6.45) is 0. The molecule has 1 N–H and O–H groups in total. The van der Waals surface area contributed by atoms with Gasteiger partial charge in [-0.15, -0.1) is 11.3 Å². The summed E-state index contributed by atoms with van der Waals surface area (Å²) in [5.41, 5.74) is 10.6. The van der Waals surface area contributed by atoms with E-state index in [1.807, 2.05) is 11.3 Å². The van der Waals surface area contributed by atoms with Gasteiger partial charge in [0.05, 0.1) is 28.5 Å². The van der Waals surface area contributed by atoms with E-state index >= 15 is 0 Å². The Morgan fingerprint density at radius 1 is 0.492 bits per heavy atom. The predicted molar refractivity (Wildman–Crippen MR) is 249 cm³/mol. The molecule has 0 spiro atoms. The second-order valence-electron chi connectivity index (χ2n) is 15.5. The Morgan fingerprint density at radius 3 is 2.07 bits per heavy atom. The number of fused-ring (bicyclic) bond motifs is 11. The van der Waals surface area contributed by atoms with Crippen molar-refractivity contribution in [3.05, 3.63) is 199 Å². The monoisotopic (exact) mass is 771 g/mol. The maximum Gasteiger partial charge on any atom is 0.220 e. The molecule has 4 heterocycles. The first-order valence-electron chi connectivity index (χ1n) is 20.1. The van der Waals surface area contributed by atoms with Crippen LogP contribution >= 0.6 is 11.3 Å². The number of hydrogen-bond donors (Lipinski definition) is 1. The largest absolute Gasteiger partial charge is 0.438 e. The molecule has 0 bridgehead atoms. The van der Waals surface area contributed by atoms with Crippen LogP contribution in [0.2, 0.25) is 0 Å². The van der Waals surface area contributed by atoms with Crippen LogP contribution in [0.4, 0.5) is 11.6 Å². The Hall–Kier alpha value is -7.47. The number of para-hydroxylation sites is 1. The number of nitrogens with one attached hydrogen (secondary N) is 1. The third-order valence-electron chi connectivity index (χ3n) is 12.2. The molecule has 59 heavy (non-hydrogen) atoms. The lowest BCUT2D eigenvalue weighted by molar-refractivity contribution is 0.622. The molecule has 9 aromatic carbocycles. The Balaban J connectivity index is 0.991. The van der Waals surface area contributed by atoms with Gasteiger partial charge in [0.1, 0.15) is 11.3 Å². The average Bonchev–Trinajstić information content (AvgIpc) is 3.96. The molecule has 276 valence electrons. The number of aromatic nitrogens is 1. The van der Waals surface area contributed by atoms with E-state index in [1.54, 1.807) is 0 Å². The molecule has 0 radical (unpaired) electrons. The molecular formula is C54H33N3OS. The van der Waals surface area contributed by atoms with Gasteiger partial charge in [0.25, 0.3) is 0 Å². The van der Waals surface area contributed by atoms with E-state index in [2.05, 4.69) is 198 Å². The summed E-state index contributed by atoms with van der Waals surface area (Å²) in [5, 5.41) is 14.7. The highest BCUT2D eigenvalue weighted by Crippen LogP contribution is 2.47. The number of aliphatic imine (C=N–C) groups is 1. The van der Waals surface area contributed by atoms with E-state index in [4.69, 9.17) is 9.41 Å². The van der Waals surface area contributed by atoms with E-state index in [0.29, 0.717) is 5.88 Å². The molecule has 12 aromatic rings. The van der Waals surface area contributed by atoms with Crippen LogP contribution in [-0.2, 0) is 0 Å². The van der Waals surface area contributed by atoms with Gasteiger partial charge in [0.15, 0.2) is 0 Å². The maximum atomic E-state index is 6.68. The second kappa shape index (κ2) is 12.5. The number of nitrogens with zero attached hydrogens (tertiary/aromatic N) is 2. The molecule has 1 unspecified atom stereocenters. The summed E-state index contributed by atoms with van der Waals surface area (Å²) in [7, 11) is 0. The van der Waals surface area contributed by atoms with Gasteiger partial charge in [-0.1, -0.05) is 133 Å². The predicted octanol–water partition coefficient (Wildman–Crippen LogP) is 15.2. The Morgan fingerprint density at radius 2 is 1.19 bits per heavy atom. The highest BCUT2D eigenvalue weighted by Gasteiger charge is 2.31. The second-order valence-corrected chi connectivity index (χ2v) is 16.6. The van der Waals surface area contributed by atoms with Crippen LogP contribution in [0.25, 0.3) is 91.3 Å². The minimum atomic E-state index is -0.230. The van der Waals surface area contributed by atoms with Crippen molar-refractivity contribution in [2.45, 2.75) is 6.04 Å². The summed E-state index contributed by atoms with van der Waals surface area (Å²) in [6.45, 7) is 0. The zero-order chi connectivity index (χ0) is 38.6. The number of rotatable bonds is 4. The molecule has 0 aliphatic carbocycles. The van der Waals surface area contributed by atoms with Crippen LogP contribution in [0.15, 0.2) is 197 Å². The molecule has 0 amide bonds. The van der Waals surface area contributed by atoms with Gasteiger partial charge in [-0.25, -0.2) is 4.99 Å². The van der Waals surface area contributed by atoms with Crippen LogP contribution in [0.5, 0.6) is 0 Å². The molecule has 3 aromatic heterocycles. The van der Waals surface area contributed by atoms with Gasteiger partial charge in [-0.05, 0) is 87.4 Å². The topological polar surface area (TPSA) is 42.5 Å². The Bertz CT molecular complexity index is 3720. The first-order valence-corrected chi connectivity index (χ1v) is 20.9. The summed E-state index contributed by atoms with van der Waals surface area (Å²) in [5.74, 6) is 0.687. The summed E-state index contributed by atoms with van der Waals surface area (Å²) < 4.78 is 11.7. The van der Waals surface area contributed by atoms with E-state index < -0.39 is 0 Å². The van der Waals surface area contributed by atoms with Crippen LogP contribution in [0, 0.1) is 0 Å². The van der Waals surface area contributed by atoms with Crippen molar-refractivity contribution >= 4 is 103 Å². The standard InChI is InChI=1S/C54H33N3OS/c1-2-12-32(13-3-1)51-52(55-53-42-24-22-36(31-48(42)58-54(53)56-51)35-23-27-50-44(29-35)40-19-9-11-21-49(40)59-50)41-25-26-46(38-17-7-6-16-37(38)41)57-45-20-10-8-18-39(45)43-28-33-14-4-5-15-34(33)30-47(43)57/h1-31,51,56H. The van der Waals surface area contributed by atoms with Gasteiger partial charge in [-0.2, -0.15) is 0 Å². The highest BCUT2D eigenvalue weighted by molar-refractivity contribution is 7.25. The lowest BCUT2D eigenvalue weighted by atomic mass is 9.91. The first kappa shape index (κ1) is 32.6. The zero-order valence-electron chi connectivity index (χ0n) is 31.7. The van der Waals surface area contributed by atoms with Gasteiger partial charge in [0.2, 0.25) is 5.88 Å². The SMILES string of the molecule is c1ccc(C2Nc3oc4cc(-c5ccc6sc7ccccc7c6c5)ccc4c3N=C2c2ccc(-n3c4ccccc4c4cc5ccccc5cc43)c3ccccc23)cc1. The molecular weight excluding hydrogens is 739 g/mol. The third kappa shape index (κ3) is 4.92. The van der Waals surface area contributed by atoms with Crippen molar-refractivity contribution in [1.29, 1.82) is 0 Å². The minimum absolute atomic E-state index is 0.230. The van der Waals surface area contributed by atoms with Gasteiger partial charge < -0.3 is 14.3 Å². The van der Waals surface area contributed by atoms with Crippen LogP contribution in [0.3, 0.4) is 0 Å². The molecule has 4 nitrogen and oxygen atoms in total. The number of benzene rings is 9. The molecule has 0 fully saturated rings. The Kier molecular flexibility index (Phi) is 6.91. The summed E-state index contributed by atoms with van der Waals surface area (Å²) in [6, 6.07) is 67.7. The highest BCUT2D eigenvalue weighted by atomic mass is 32.1. The first-order chi connectivity index (χ1) is 29.2. The van der Waals surface area contributed by atoms with Crippen molar-refractivity contribution in [2.24, 2.45) is 4.99 Å². The van der Waals surface area contributed by atoms with Crippen molar-refractivity contribution < 1.29 is 4.42 Å². The fourth-order valence-corrected chi connectivity index (χ4v) is 10.6. The average molecular weight is 772 g/mol. The van der Waals surface area contributed by atoms with E-state index in [-0.39, 0.29) is 6.04 Å². The van der Waals surface area contributed by atoms with Crippen LogP contribution in [0.1, 0.15) is 17.2 Å². The molecule has 1 aliphatic heterocycles. The normalized spacial score (nSPS) is 14.2. The smallest absolute Gasteiger partial charge is 0.220 e. The fourth-order valence-electron chi connectivity index (χ4n) is 9.48. The number of anilines is 1. The summed E-state index contributed by atoms with van der Waals surface area (Å²) in [4.78, 5) is 5.56. The molecule has 1 aliphatic rings. The summed E-state index contributed by atoms with van der Waals surface area (Å²) >= 11 is 1.84. The van der Waals surface area contributed by atoms with Crippen molar-refractivity contribution in [3.8, 4) is 16.8 Å². The number of hydrogen-bond acceptors (Lipinski definition) is 4. The Labute approximate surface area is 342 Å². The fraction of sp³-hybridized carbons (Fsp3) is 0.0185. The van der Waals surface area contributed by atoms with E-state index in [1.165, 1.54) is 58.3 Å². The van der Waals surface area contributed by atoms with Crippen LogP contribution < -0.4 is 5.32 Å². The van der Waals surface area contributed by atoms with Crippen molar-refractivity contribution in [1.82, 2.24) is 4.57 Å². The molecule has 0 saturated heterocycles. The molecule has 13 rings (SSSR count). The van der Waals surface area contributed by atoms with Crippen molar-refractivity contribution in [3.63, 3.8) is 0 Å².